The summed E-state index contributed by atoms with van der Waals surface area (Å²) in [6, 6.07) is 60.6. The van der Waals surface area contributed by atoms with Gasteiger partial charge in [-0.25, -0.2) is 15.0 Å². The summed E-state index contributed by atoms with van der Waals surface area (Å²) in [6.07, 6.45) is 11.4. The molecule has 0 amide bonds. The molecule has 0 N–H and O–H groups in total. The molecule has 1 aromatic heterocycles. The van der Waals surface area contributed by atoms with Crippen LogP contribution in [0.25, 0.3) is 78.7 Å². The van der Waals surface area contributed by atoms with Crippen LogP contribution in [0.2, 0.25) is 0 Å². The highest BCUT2D eigenvalue weighted by Gasteiger charge is 2.57. The standard InChI is InChI=1S/C59H53N3S/c1-5-38-31-39-30-37(2)59(46(32-38)33-39)51-24-15-23-50(55(51)49-29-27-43(35-52(49)59)44-26-28-48-47-22-12-13-25-53(47)63(3,4)54(48)36-44)58-61-56(41-18-10-7-11-19-41)60-57(62-58)45-21-14-20-42(34-45)40-16-8-6-9-17-40/h6-29,34-39,46H,5,30-33H2,1-4H3. The topological polar surface area (TPSA) is 38.7 Å². The molecule has 3 aliphatic carbocycles. The highest BCUT2D eigenvalue weighted by atomic mass is 32.3. The summed E-state index contributed by atoms with van der Waals surface area (Å²) < 4.78 is 0. The molecule has 2 heterocycles. The molecule has 7 aromatic carbocycles. The second-order valence-corrected chi connectivity index (χ2v) is 22.7. The van der Waals surface area contributed by atoms with Crippen molar-refractivity contribution in [1.82, 2.24) is 15.0 Å². The molecule has 310 valence electrons. The van der Waals surface area contributed by atoms with Gasteiger partial charge in [-0.3, -0.25) is 0 Å². The maximum absolute atomic E-state index is 5.43. The maximum atomic E-state index is 5.43. The van der Waals surface area contributed by atoms with E-state index in [-0.39, 0.29) is 5.41 Å². The minimum absolute atomic E-state index is 0.0966. The average Bonchev–Trinajstić information content (AvgIpc) is 3.76. The number of benzene rings is 7. The third-order valence-corrected chi connectivity index (χ3v) is 18.5. The highest BCUT2D eigenvalue weighted by Crippen LogP contribution is 2.69. The van der Waals surface area contributed by atoms with Gasteiger partial charge in [-0.1, -0.05) is 160 Å². The molecule has 5 unspecified atom stereocenters. The van der Waals surface area contributed by atoms with Crippen LogP contribution in [0.4, 0.5) is 0 Å². The van der Waals surface area contributed by atoms with Crippen molar-refractivity contribution in [3.63, 3.8) is 0 Å². The van der Waals surface area contributed by atoms with Crippen LogP contribution >= 0.6 is 10.0 Å². The second-order valence-electron chi connectivity index (χ2n) is 19.2. The first kappa shape index (κ1) is 38.6. The van der Waals surface area contributed by atoms with Crippen molar-refractivity contribution in [2.24, 2.45) is 23.7 Å². The lowest BCUT2D eigenvalue weighted by Gasteiger charge is -2.54. The van der Waals surface area contributed by atoms with Crippen LogP contribution in [0, 0.1) is 23.7 Å². The van der Waals surface area contributed by atoms with Gasteiger partial charge in [0.05, 0.1) is 0 Å². The van der Waals surface area contributed by atoms with Crippen LogP contribution in [-0.4, -0.2) is 27.5 Å². The molecule has 2 bridgehead atoms. The van der Waals surface area contributed by atoms with E-state index in [4.69, 9.17) is 15.0 Å². The minimum Gasteiger partial charge on any atom is -0.208 e. The first-order chi connectivity index (χ1) is 30.8. The molecule has 0 saturated heterocycles. The Hall–Kier alpha value is -6.10. The van der Waals surface area contributed by atoms with Crippen LogP contribution < -0.4 is 0 Å². The summed E-state index contributed by atoms with van der Waals surface area (Å²) in [5, 5.41) is 0. The minimum atomic E-state index is -1.13. The van der Waals surface area contributed by atoms with Crippen LogP contribution in [0.3, 0.4) is 0 Å². The molecule has 12 rings (SSSR count). The quantitative estimate of drug-likeness (QED) is 0.167. The molecule has 2 fully saturated rings. The van der Waals surface area contributed by atoms with Gasteiger partial charge in [0.2, 0.25) is 0 Å². The molecule has 5 atom stereocenters. The third kappa shape index (κ3) is 5.97. The van der Waals surface area contributed by atoms with E-state index < -0.39 is 10.0 Å². The van der Waals surface area contributed by atoms with Gasteiger partial charge < -0.3 is 0 Å². The van der Waals surface area contributed by atoms with Crippen LogP contribution in [0.15, 0.2) is 174 Å². The van der Waals surface area contributed by atoms with Crippen LogP contribution in [0.1, 0.15) is 57.1 Å². The Balaban J connectivity index is 1.06. The van der Waals surface area contributed by atoms with Gasteiger partial charge in [0.15, 0.2) is 17.5 Å². The smallest absolute Gasteiger partial charge is 0.164 e. The average molecular weight is 836 g/mol. The summed E-state index contributed by atoms with van der Waals surface area (Å²) in [5.41, 5.74) is 16.4. The number of rotatable bonds is 6. The van der Waals surface area contributed by atoms with Gasteiger partial charge in [0.25, 0.3) is 0 Å². The van der Waals surface area contributed by atoms with E-state index in [9.17, 15) is 0 Å². The molecule has 0 radical (unpaired) electrons. The van der Waals surface area contributed by atoms with E-state index in [0.29, 0.717) is 23.5 Å². The monoisotopic (exact) mass is 835 g/mol. The Bertz CT molecular complexity index is 3080. The fraction of sp³-hybridized carbons (Fsp3) is 0.237. The fourth-order valence-electron chi connectivity index (χ4n) is 12.7. The summed E-state index contributed by atoms with van der Waals surface area (Å²) in [7, 11) is -1.13. The zero-order valence-electron chi connectivity index (χ0n) is 36.7. The lowest BCUT2D eigenvalue weighted by molar-refractivity contribution is 0.0368. The molecular formula is C59H53N3S. The molecule has 4 aliphatic rings. The summed E-state index contributed by atoms with van der Waals surface area (Å²) in [4.78, 5) is 19.0. The lowest BCUT2D eigenvalue weighted by atomic mass is 9.49. The van der Waals surface area contributed by atoms with E-state index >= 15 is 0 Å². The Labute approximate surface area is 374 Å². The first-order valence-electron chi connectivity index (χ1n) is 23.0. The van der Waals surface area contributed by atoms with E-state index in [1.165, 1.54) is 92.0 Å². The van der Waals surface area contributed by atoms with Crippen LogP contribution in [-0.2, 0) is 5.41 Å². The number of hydrogen-bond acceptors (Lipinski definition) is 3. The first-order valence-corrected chi connectivity index (χ1v) is 25.5. The predicted molar refractivity (Wildman–Crippen MR) is 263 cm³/mol. The van der Waals surface area contributed by atoms with Crippen molar-refractivity contribution >= 4 is 10.0 Å². The number of fused-ring (bicyclic) bond motifs is 11. The van der Waals surface area contributed by atoms with E-state index in [2.05, 4.69) is 190 Å². The van der Waals surface area contributed by atoms with Gasteiger partial charge in [-0.2, -0.15) is 10.0 Å². The maximum Gasteiger partial charge on any atom is 0.164 e. The molecule has 3 nitrogen and oxygen atoms in total. The lowest BCUT2D eigenvalue weighted by Crippen LogP contribution is -2.49. The zero-order valence-corrected chi connectivity index (χ0v) is 37.5. The summed E-state index contributed by atoms with van der Waals surface area (Å²) in [5.74, 6) is 4.74. The fourth-order valence-corrected chi connectivity index (χ4v) is 15.3. The SMILES string of the molecule is CCC1CC2CC(C)C3(c4cc(-c5ccc6c(c5)S(C)(C)c5ccccc5-6)ccc4-c4c(-c5nc(-c6ccccc6)nc(-c6cccc(-c7ccccc7)c6)n5)cccc43)C(C1)C2. The normalized spacial score (nSPS) is 22.8. The van der Waals surface area contributed by atoms with Gasteiger partial charge in [-0.15, -0.1) is 0 Å². The van der Waals surface area contributed by atoms with Gasteiger partial charge >= 0.3 is 0 Å². The van der Waals surface area contributed by atoms with Crippen molar-refractivity contribution in [2.45, 2.75) is 61.2 Å². The Kier molecular flexibility index (Phi) is 9.03. The molecular weight excluding hydrogens is 783 g/mol. The molecule has 4 heteroatoms. The van der Waals surface area contributed by atoms with Crippen molar-refractivity contribution < 1.29 is 0 Å². The van der Waals surface area contributed by atoms with E-state index in [1.54, 1.807) is 0 Å². The molecule has 1 spiro atoms. The number of hydrogen-bond donors (Lipinski definition) is 0. The molecule has 63 heavy (non-hydrogen) atoms. The van der Waals surface area contributed by atoms with Crippen LogP contribution in [0.5, 0.6) is 0 Å². The van der Waals surface area contributed by atoms with Gasteiger partial charge in [0, 0.05) is 31.9 Å². The second kappa shape index (κ2) is 14.7. The Morgan fingerprint density at radius 2 is 1.08 bits per heavy atom. The van der Waals surface area contributed by atoms with E-state index in [1.807, 2.05) is 0 Å². The Morgan fingerprint density at radius 3 is 1.87 bits per heavy atom. The van der Waals surface area contributed by atoms with Gasteiger partial charge in [0.1, 0.15) is 0 Å². The zero-order chi connectivity index (χ0) is 42.5. The number of nitrogens with zero attached hydrogens (tertiary/aromatic N) is 3. The van der Waals surface area contributed by atoms with Crippen molar-refractivity contribution in [3.8, 4) is 78.7 Å². The highest BCUT2D eigenvalue weighted by molar-refractivity contribution is 8.33. The summed E-state index contributed by atoms with van der Waals surface area (Å²) >= 11 is 0. The van der Waals surface area contributed by atoms with Crippen molar-refractivity contribution in [2.75, 3.05) is 12.5 Å². The molecule has 2 saturated carbocycles. The van der Waals surface area contributed by atoms with Crippen molar-refractivity contribution in [3.05, 3.63) is 175 Å². The summed E-state index contributed by atoms with van der Waals surface area (Å²) in [6.45, 7) is 5.00. The predicted octanol–water partition coefficient (Wildman–Crippen LogP) is 15.4. The Morgan fingerprint density at radius 1 is 0.476 bits per heavy atom. The van der Waals surface area contributed by atoms with Gasteiger partial charge in [-0.05, 0) is 142 Å². The number of aromatic nitrogens is 3. The van der Waals surface area contributed by atoms with Crippen molar-refractivity contribution in [1.29, 1.82) is 0 Å². The van der Waals surface area contributed by atoms with E-state index in [0.717, 1.165) is 39.9 Å². The largest absolute Gasteiger partial charge is 0.208 e. The molecule has 1 aliphatic heterocycles. The molecule has 8 aromatic rings. The third-order valence-electron chi connectivity index (χ3n) is 15.6.